The number of hydrogen-bond donors (Lipinski definition) is 2. The van der Waals surface area contributed by atoms with Gasteiger partial charge in [-0.1, -0.05) is 0 Å². The molecule has 0 bridgehead atoms. The summed E-state index contributed by atoms with van der Waals surface area (Å²) in [6.07, 6.45) is 8.61. The highest BCUT2D eigenvalue weighted by Gasteiger charge is 2.40. The molecule has 2 N–H and O–H groups in total. The highest BCUT2D eigenvalue weighted by molar-refractivity contribution is 6.09. The minimum Gasteiger partial charge on any atom is -0.494 e. The molecule has 0 unspecified atom stereocenters. The largest absolute Gasteiger partial charge is 0.494 e. The fraction of sp³-hybridized carbons (Fsp3) is 0.364. The van der Waals surface area contributed by atoms with Gasteiger partial charge in [-0.25, -0.2) is 9.50 Å². The maximum atomic E-state index is 12.9. The Morgan fingerprint density at radius 3 is 2.87 bits per heavy atom. The van der Waals surface area contributed by atoms with Crippen LogP contribution in [-0.2, 0) is 0 Å². The number of carbonyl (C=O) groups excluding carboxylic acids is 1. The molecule has 1 amide bonds. The molecule has 0 saturated heterocycles. The van der Waals surface area contributed by atoms with Crippen molar-refractivity contribution in [1.82, 2.24) is 24.4 Å². The molecule has 0 aliphatic heterocycles. The average molecular weight is 420 g/mol. The number of aliphatic hydroxyl groups is 1. The van der Waals surface area contributed by atoms with Crippen LogP contribution in [-0.4, -0.2) is 48.1 Å². The molecule has 1 aliphatic rings. The Bertz CT molecular complexity index is 1280. The van der Waals surface area contributed by atoms with E-state index in [1.54, 1.807) is 30.1 Å². The number of anilines is 1. The van der Waals surface area contributed by atoms with Crippen LogP contribution in [0.5, 0.6) is 5.75 Å². The van der Waals surface area contributed by atoms with Crippen molar-refractivity contribution in [2.75, 3.05) is 12.4 Å². The van der Waals surface area contributed by atoms with E-state index in [9.17, 15) is 9.90 Å². The molecule has 31 heavy (non-hydrogen) atoms. The number of carbonyl (C=O) groups is 1. The fourth-order valence-electron chi connectivity index (χ4n) is 4.08. The first-order valence-corrected chi connectivity index (χ1v) is 10.2. The van der Waals surface area contributed by atoms with Crippen molar-refractivity contribution in [1.29, 1.82) is 0 Å². The number of aromatic nitrogens is 5. The van der Waals surface area contributed by atoms with E-state index in [2.05, 4.69) is 20.5 Å². The van der Waals surface area contributed by atoms with Gasteiger partial charge in [-0.3, -0.25) is 9.48 Å². The summed E-state index contributed by atoms with van der Waals surface area (Å²) in [4.78, 5) is 17.1. The predicted octanol–water partition coefficient (Wildman–Crippen LogP) is 3.06. The summed E-state index contributed by atoms with van der Waals surface area (Å²) in [5, 5.41) is 22.9. The standard InChI is InChI=1S/C22H24N6O3/c1-22(2,30)14-8-15(9-14)28-12-13-7-18(19(31-3)10-17(13)26-28)25-21(29)16-11-24-27-6-4-5-23-20(16)27/h4-7,10-12,14-15,30H,8-9H2,1-3H3,(H,25,29)/t14-,15-. The monoisotopic (exact) mass is 420 g/mol. The molecule has 0 atom stereocenters. The third kappa shape index (κ3) is 3.40. The summed E-state index contributed by atoms with van der Waals surface area (Å²) in [5.74, 6) is 0.484. The van der Waals surface area contributed by atoms with Gasteiger partial charge in [0.15, 0.2) is 5.65 Å². The van der Waals surface area contributed by atoms with E-state index >= 15 is 0 Å². The average Bonchev–Trinajstić information content (AvgIpc) is 3.28. The van der Waals surface area contributed by atoms with E-state index in [1.807, 2.05) is 36.9 Å². The third-order valence-electron chi connectivity index (χ3n) is 6.10. The maximum Gasteiger partial charge on any atom is 0.261 e. The second kappa shape index (κ2) is 7.05. The molecule has 1 saturated carbocycles. The molecular weight excluding hydrogens is 396 g/mol. The topological polar surface area (TPSA) is 107 Å². The fourth-order valence-corrected chi connectivity index (χ4v) is 4.08. The quantitative estimate of drug-likeness (QED) is 0.514. The van der Waals surface area contributed by atoms with Crippen LogP contribution in [0.2, 0.25) is 0 Å². The first kappa shape index (κ1) is 19.5. The summed E-state index contributed by atoms with van der Waals surface area (Å²) in [6.45, 7) is 3.71. The summed E-state index contributed by atoms with van der Waals surface area (Å²) < 4.78 is 9.00. The smallest absolute Gasteiger partial charge is 0.261 e. The molecule has 9 heteroatoms. The Morgan fingerprint density at radius 1 is 1.32 bits per heavy atom. The first-order chi connectivity index (χ1) is 14.8. The number of nitrogens with one attached hydrogen (secondary N) is 1. The summed E-state index contributed by atoms with van der Waals surface area (Å²) in [5.41, 5.74) is 1.54. The normalized spacial score (nSPS) is 18.8. The van der Waals surface area contributed by atoms with Gasteiger partial charge in [-0.05, 0) is 44.7 Å². The van der Waals surface area contributed by atoms with Crippen molar-refractivity contribution in [2.45, 2.75) is 38.3 Å². The second-order valence-corrected chi connectivity index (χ2v) is 8.60. The van der Waals surface area contributed by atoms with Crippen LogP contribution in [0.1, 0.15) is 43.1 Å². The zero-order valence-electron chi connectivity index (χ0n) is 17.6. The Morgan fingerprint density at radius 2 is 2.13 bits per heavy atom. The van der Waals surface area contributed by atoms with Crippen molar-refractivity contribution < 1.29 is 14.6 Å². The van der Waals surface area contributed by atoms with Gasteiger partial charge in [0.1, 0.15) is 11.3 Å². The van der Waals surface area contributed by atoms with E-state index in [-0.39, 0.29) is 17.9 Å². The van der Waals surface area contributed by atoms with Crippen LogP contribution in [0.3, 0.4) is 0 Å². The summed E-state index contributed by atoms with van der Waals surface area (Å²) in [6, 6.07) is 5.70. The lowest BCUT2D eigenvalue weighted by Crippen LogP contribution is -2.41. The third-order valence-corrected chi connectivity index (χ3v) is 6.10. The van der Waals surface area contributed by atoms with Gasteiger partial charge in [0, 0.05) is 30.0 Å². The Hall–Kier alpha value is -3.46. The second-order valence-electron chi connectivity index (χ2n) is 8.60. The highest BCUT2D eigenvalue weighted by Crippen LogP contribution is 2.44. The van der Waals surface area contributed by atoms with Crippen LogP contribution in [0, 0.1) is 5.92 Å². The minimum absolute atomic E-state index is 0.262. The molecule has 3 aromatic heterocycles. The lowest BCUT2D eigenvalue weighted by molar-refractivity contribution is -0.0412. The summed E-state index contributed by atoms with van der Waals surface area (Å²) in [7, 11) is 1.56. The Kier molecular flexibility index (Phi) is 4.44. The van der Waals surface area contributed by atoms with Crippen LogP contribution in [0.4, 0.5) is 5.69 Å². The molecule has 9 nitrogen and oxygen atoms in total. The minimum atomic E-state index is -0.670. The zero-order valence-corrected chi connectivity index (χ0v) is 17.6. The van der Waals surface area contributed by atoms with Gasteiger partial charge < -0.3 is 15.2 Å². The van der Waals surface area contributed by atoms with Crippen molar-refractivity contribution in [3.63, 3.8) is 0 Å². The predicted molar refractivity (Wildman–Crippen MR) is 115 cm³/mol. The number of rotatable bonds is 5. The van der Waals surface area contributed by atoms with Crippen molar-refractivity contribution in [3.8, 4) is 5.75 Å². The molecule has 1 fully saturated rings. The summed E-state index contributed by atoms with van der Waals surface area (Å²) >= 11 is 0. The Labute approximate surface area is 178 Å². The van der Waals surface area contributed by atoms with Gasteiger partial charge in [-0.15, -0.1) is 0 Å². The number of benzene rings is 1. The molecule has 1 aromatic carbocycles. The van der Waals surface area contributed by atoms with Crippen LogP contribution in [0.25, 0.3) is 16.6 Å². The van der Waals surface area contributed by atoms with E-state index in [0.29, 0.717) is 22.6 Å². The van der Waals surface area contributed by atoms with E-state index in [0.717, 1.165) is 23.7 Å². The van der Waals surface area contributed by atoms with E-state index in [1.165, 1.54) is 6.20 Å². The van der Waals surface area contributed by atoms with Crippen molar-refractivity contribution >= 4 is 28.1 Å². The molecule has 0 radical (unpaired) electrons. The molecule has 5 rings (SSSR count). The lowest BCUT2D eigenvalue weighted by Gasteiger charge is -2.42. The van der Waals surface area contributed by atoms with Crippen molar-refractivity contribution in [2.24, 2.45) is 5.92 Å². The van der Waals surface area contributed by atoms with Gasteiger partial charge in [-0.2, -0.15) is 10.2 Å². The van der Waals surface area contributed by atoms with E-state index < -0.39 is 5.60 Å². The molecule has 0 spiro atoms. The number of nitrogens with zero attached hydrogens (tertiary/aromatic N) is 5. The van der Waals surface area contributed by atoms with E-state index in [4.69, 9.17) is 4.74 Å². The lowest BCUT2D eigenvalue weighted by atomic mass is 9.71. The molecule has 160 valence electrons. The van der Waals surface area contributed by atoms with Gasteiger partial charge in [0.25, 0.3) is 5.91 Å². The van der Waals surface area contributed by atoms with Gasteiger partial charge >= 0.3 is 0 Å². The van der Waals surface area contributed by atoms with Crippen LogP contribution < -0.4 is 10.1 Å². The first-order valence-electron chi connectivity index (χ1n) is 10.2. The number of ether oxygens (including phenoxy) is 1. The Balaban J connectivity index is 1.42. The molecule has 1 aliphatic carbocycles. The van der Waals surface area contributed by atoms with Crippen LogP contribution in [0.15, 0.2) is 43.0 Å². The number of fused-ring (bicyclic) bond motifs is 2. The highest BCUT2D eigenvalue weighted by atomic mass is 16.5. The SMILES string of the molecule is COc1cc2nn([C@H]3C[C@H](C(C)(C)O)C3)cc2cc1NC(=O)c1cnn2cccnc12. The number of hydrogen-bond acceptors (Lipinski definition) is 6. The molecular formula is C22H24N6O3. The van der Waals surface area contributed by atoms with Crippen molar-refractivity contribution in [3.05, 3.63) is 48.5 Å². The maximum absolute atomic E-state index is 12.9. The van der Waals surface area contributed by atoms with Gasteiger partial charge in [0.05, 0.1) is 36.2 Å². The molecule has 4 aromatic rings. The van der Waals surface area contributed by atoms with Crippen LogP contribution >= 0.6 is 0 Å². The zero-order chi connectivity index (χ0) is 21.8. The van der Waals surface area contributed by atoms with Gasteiger partial charge in [0.2, 0.25) is 0 Å². The molecule has 3 heterocycles. The number of amides is 1. The number of methoxy groups -OCH3 is 1.